The summed E-state index contributed by atoms with van der Waals surface area (Å²) in [7, 11) is 0. The normalized spacial score (nSPS) is 35.3. The molecule has 0 aromatic heterocycles. The topological polar surface area (TPSA) is 0 Å². The summed E-state index contributed by atoms with van der Waals surface area (Å²) < 4.78 is 1.77. The second-order valence-electron chi connectivity index (χ2n) is 5.35. The molecule has 1 saturated carbocycles. The van der Waals surface area contributed by atoms with Crippen molar-refractivity contribution in [2.45, 2.75) is 26.4 Å². The lowest BCUT2D eigenvalue weighted by Crippen LogP contribution is -2.43. The minimum Gasteiger partial charge on any atom is -0.110 e. The smallest absolute Gasteiger partial charge is 0.110 e. The van der Waals surface area contributed by atoms with Crippen molar-refractivity contribution < 1.29 is 0 Å². The third-order valence-corrected chi connectivity index (χ3v) is 12.6. The van der Waals surface area contributed by atoms with E-state index in [-0.39, 0.29) is 16.0 Å². The Balaban J connectivity index is 2.31. The van der Waals surface area contributed by atoms with Gasteiger partial charge >= 0.3 is 0 Å². The fourth-order valence-corrected chi connectivity index (χ4v) is 8.52. The number of allylic oxidation sites excluding steroid dienone is 2. The molecule has 0 saturated heterocycles. The van der Waals surface area contributed by atoms with Gasteiger partial charge in [-0.2, -0.15) is 0 Å². The zero-order valence-corrected chi connectivity index (χ0v) is 21.5. The largest absolute Gasteiger partial charge is 0.166 e. The third-order valence-electron chi connectivity index (χ3n) is 4.27. The molecule has 0 spiro atoms. The third kappa shape index (κ3) is 2.46. The van der Waals surface area contributed by atoms with Gasteiger partial charge < -0.3 is 0 Å². The lowest BCUT2D eigenvalue weighted by molar-refractivity contribution is 0.596. The minimum atomic E-state index is -1.55. The highest BCUT2D eigenvalue weighted by Gasteiger charge is 2.78. The number of alkyl halides is 4. The summed E-state index contributed by atoms with van der Waals surface area (Å²) in [5, 5.41) is 0.394. The summed E-state index contributed by atoms with van der Waals surface area (Å²) in [6.45, 7) is 0. The first kappa shape index (κ1) is 20.4. The van der Waals surface area contributed by atoms with Crippen LogP contribution < -0.4 is 0 Å². The van der Waals surface area contributed by atoms with Crippen LogP contribution in [0, 0.1) is 0 Å². The van der Waals surface area contributed by atoms with Crippen LogP contribution in [0.3, 0.4) is 0 Å². The van der Waals surface area contributed by atoms with E-state index < -0.39 is 14.1 Å². The predicted molar refractivity (Wildman–Crippen MR) is 115 cm³/mol. The number of fused-ring (bicyclic) bond motifs is 2. The summed E-state index contributed by atoms with van der Waals surface area (Å²) in [4.78, 5) is -2.57. The molecule has 10 heteroatoms. The molecule has 2 aliphatic rings. The van der Waals surface area contributed by atoms with E-state index in [1.165, 1.54) is 0 Å². The van der Waals surface area contributed by atoms with E-state index in [0.29, 0.717) is 6.42 Å². The summed E-state index contributed by atoms with van der Waals surface area (Å²) in [6, 6.07) is 1.90. The average Bonchev–Trinajstić information content (AvgIpc) is 2.68. The summed E-state index contributed by atoms with van der Waals surface area (Å²) >= 11 is 53.6. The molecule has 3 rings (SSSR count). The molecule has 0 aliphatic heterocycles. The summed E-state index contributed by atoms with van der Waals surface area (Å²) in [6.07, 6.45) is 0.347. The maximum absolute atomic E-state index is 6.88. The van der Waals surface area contributed by atoms with E-state index in [9.17, 15) is 0 Å². The van der Waals surface area contributed by atoms with Crippen LogP contribution >= 0.6 is 133 Å². The zero-order valence-electron chi connectivity index (χ0n) is 10.6. The average molecular weight is 693 g/mol. The number of halogens is 10. The fourth-order valence-electron chi connectivity index (χ4n) is 3.11. The first-order valence-electron chi connectivity index (χ1n) is 6.06. The predicted octanol–water partition coefficient (Wildman–Crippen LogP) is 9.06. The highest BCUT2D eigenvalue weighted by molar-refractivity contribution is 9.14. The van der Waals surface area contributed by atoms with Crippen molar-refractivity contribution in [1.82, 2.24) is 0 Å². The summed E-state index contributed by atoms with van der Waals surface area (Å²) in [5.74, 6) is -0.357. The van der Waals surface area contributed by atoms with Gasteiger partial charge in [-0.3, -0.25) is 0 Å². The lowest BCUT2D eigenvalue weighted by atomic mass is 9.85. The van der Waals surface area contributed by atoms with E-state index in [2.05, 4.69) is 63.7 Å². The molecule has 126 valence electrons. The minimum absolute atomic E-state index is 0.187. The van der Waals surface area contributed by atoms with Crippen molar-refractivity contribution in [2.75, 3.05) is 0 Å². The molecule has 3 atom stereocenters. The highest BCUT2D eigenvalue weighted by atomic mass is 79.9. The second kappa shape index (κ2) is 6.32. The van der Waals surface area contributed by atoms with Crippen molar-refractivity contribution in [2.24, 2.45) is 0 Å². The Labute approximate surface area is 197 Å². The van der Waals surface area contributed by atoms with E-state index in [0.717, 1.165) is 23.5 Å². The molecule has 1 aromatic carbocycles. The van der Waals surface area contributed by atoms with Gasteiger partial charge in [-0.25, -0.2) is 0 Å². The van der Waals surface area contributed by atoms with Gasteiger partial charge in [0.15, 0.2) is 4.33 Å². The molecule has 0 amide bonds. The highest BCUT2D eigenvalue weighted by Crippen LogP contribution is 2.77. The number of hydrogen-bond donors (Lipinski definition) is 0. The summed E-state index contributed by atoms with van der Waals surface area (Å²) in [5.41, 5.74) is 0.858. The number of hydrogen-bond acceptors (Lipinski definition) is 0. The maximum Gasteiger partial charge on any atom is 0.166 e. The Morgan fingerprint density at radius 3 is 1.74 bits per heavy atom. The van der Waals surface area contributed by atoms with Crippen LogP contribution in [0.2, 0.25) is 0 Å². The Hall–Kier alpha value is 2.62. The van der Waals surface area contributed by atoms with E-state index in [1.807, 2.05) is 6.07 Å². The Morgan fingerprint density at radius 1 is 0.870 bits per heavy atom. The first-order chi connectivity index (χ1) is 10.4. The second-order valence-corrected chi connectivity index (χ2v) is 12.0. The van der Waals surface area contributed by atoms with Gasteiger partial charge in [0, 0.05) is 23.8 Å². The van der Waals surface area contributed by atoms with Gasteiger partial charge in [0.05, 0.1) is 10.1 Å². The monoisotopic (exact) mass is 686 g/mol. The van der Waals surface area contributed by atoms with E-state index in [1.54, 1.807) is 0 Å². The zero-order chi connectivity index (χ0) is 17.5. The molecule has 1 aromatic rings. The van der Waals surface area contributed by atoms with Crippen LogP contribution in [0.15, 0.2) is 34.0 Å². The van der Waals surface area contributed by atoms with Crippen LogP contribution in [0.25, 0.3) is 0 Å². The van der Waals surface area contributed by atoms with Gasteiger partial charge in [-0.15, -0.1) is 23.2 Å². The van der Waals surface area contributed by atoms with Gasteiger partial charge in [-0.05, 0) is 81.8 Å². The molecule has 2 bridgehead atoms. The van der Waals surface area contributed by atoms with Crippen molar-refractivity contribution >= 4 is 133 Å². The Bertz CT molecular complexity index is 737. The van der Waals surface area contributed by atoms with Crippen molar-refractivity contribution in [3.05, 3.63) is 39.6 Å². The molecule has 0 N–H and O–H groups in total. The Morgan fingerprint density at radius 2 is 1.35 bits per heavy atom. The van der Waals surface area contributed by atoms with Crippen molar-refractivity contribution in [1.29, 1.82) is 0 Å². The van der Waals surface area contributed by atoms with Crippen LogP contribution in [-0.4, -0.2) is 14.1 Å². The molecule has 2 aliphatic carbocycles. The van der Waals surface area contributed by atoms with Gasteiger partial charge in [0.1, 0.15) is 9.75 Å². The molecular weight excluding hydrogens is 688 g/mol. The molecular formula is C13H4Br4Cl6. The van der Waals surface area contributed by atoms with E-state index >= 15 is 0 Å². The van der Waals surface area contributed by atoms with Crippen molar-refractivity contribution in [3.8, 4) is 0 Å². The molecule has 23 heavy (non-hydrogen) atoms. The number of benzene rings is 1. The standard InChI is InChI=1S/C13H4Br4Cl6/c14-4-1-5(15)8(17)6(7(4)16)3-2-11(20)9(18)10(19)12(3,21)13(11,22)23/h1,3H,2H2/t3-,11+,12+/m1/s1. The fraction of sp³-hybridized carbons (Fsp3) is 0.385. The molecule has 1 fully saturated rings. The van der Waals surface area contributed by atoms with Gasteiger partial charge in [0.2, 0.25) is 0 Å². The SMILES string of the molecule is ClC1=C(Cl)[C@@]2(Cl)C[C@H](c3c(Br)c(Br)cc(Br)c3Br)[C@@]1(Cl)C2(Cl)Cl. The van der Waals surface area contributed by atoms with Gasteiger partial charge in [0.25, 0.3) is 0 Å². The Kier molecular flexibility index (Phi) is 5.59. The number of rotatable bonds is 1. The molecule has 0 radical (unpaired) electrons. The molecule has 0 nitrogen and oxygen atoms in total. The maximum atomic E-state index is 6.88. The molecule has 0 heterocycles. The van der Waals surface area contributed by atoms with Crippen molar-refractivity contribution in [3.63, 3.8) is 0 Å². The quantitative estimate of drug-likeness (QED) is 0.204. The van der Waals surface area contributed by atoms with Crippen LogP contribution in [-0.2, 0) is 0 Å². The van der Waals surface area contributed by atoms with Crippen LogP contribution in [0.1, 0.15) is 17.9 Å². The van der Waals surface area contributed by atoms with Crippen LogP contribution in [0.5, 0.6) is 0 Å². The van der Waals surface area contributed by atoms with Gasteiger partial charge in [-0.1, -0.05) is 46.4 Å². The first-order valence-corrected chi connectivity index (χ1v) is 11.5. The lowest BCUT2D eigenvalue weighted by Gasteiger charge is -2.35. The van der Waals surface area contributed by atoms with Crippen LogP contribution in [0.4, 0.5) is 0 Å². The molecule has 0 unspecified atom stereocenters. The van der Waals surface area contributed by atoms with E-state index in [4.69, 9.17) is 69.6 Å².